The van der Waals surface area contributed by atoms with E-state index >= 15 is 0 Å². The number of hydrogen-bond acceptors (Lipinski definition) is 3. The van der Waals surface area contributed by atoms with Crippen LogP contribution in [0.15, 0.2) is 48.5 Å². The van der Waals surface area contributed by atoms with Crippen molar-refractivity contribution in [2.24, 2.45) is 5.92 Å². The molecular weight excluding hydrogens is 290 g/mol. The third-order valence-corrected chi connectivity index (χ3v) is 4.44. The Bertz CT molecular complexity index is 710. The second-order valence-corrected chi connectivity index (χ2v) is 6.13. The van der Waals surface area contributed by atoms with Gasteiger partial charge < -0.3 is 14.8 Å². The molecule has 4 heteroatoms. The Balaban J connectivity index is 1.44. The average molecular weight is 309 g/mol. The van der Waals surface area contributed by atoms with Crippen LogP contribution in [0.1, 0.15) is 29.9 Å². The van der Waals surface area contributed by atoms with Gasteiger partial charge in [0, 0.05) is 6.54 Å². The largest absolute Gasteiger partial charge is 0.454 e. The molecule has 0 aromatic heterocycles. The Labute approximate surface area is 135 Å². The summed E-state index contributed by atoms with van der Waals surface area (Å²) in [6.45, 7) is 0.772. The number of carbonyl (C=O) groups is 1. The van der Waals surface area contributed by atoms with E-state index in [0.29, 0.717) is 12.5 Å². The maximum Gasteiger partial charge on any atom is 0.231 e. The molecule has 1 atom stereocenters. The van der Waals surface area contributed by atoms with E-state index in [-0.39, 0.29) is 18.6 Å². The highest BCUT2D eigenvalue weighted by molar-refractivity contribution is 5.84. The summed E-state index contributed by atoms with van der Waals surface area (Å²) in [5, 5.41) is 3.07. The average Bonchev–Trinajstić information content (AvgIpc) is 3.30. The molecule has 0 bridgehead atoms. The second kappa shape index (κ2) is 5.95. The third kappa shape index (κ3) is 3.02. The molecule has 0 spiro atoms. The summed E-state index contributed by atoms with van der Waals surface area (Å²) >= 11 is 0. The van der Waals surface area contributed by atoms with Gasteiger partial charge in [-0.15, -0.1) is 0 Å². The lowest BCUT2D eigenvalue weighted by Gasteiger charge is -2.17. The minimum absolute atomic E-state index is 0.0368. The zero-order valence-corrected chi connectivity index (χ0v) is 12.8. The minimum Gasteiger partial charge on any atom is -0.454 e. The molecule has 2 aromatic rings. The predicted octanol–water partition coefficient (Wildman–Crippen LogP) is 3.23. The maximum atomic E-state index is 12.7. The third-order valence-electron chi connectivity index (χ3n) is 4.44. The van der Waals surface area contributed by atoms with Crippen molar-refractivity contribution < 1.29 is 14.3 Å². The standard InChI is InChI=1S/C19H19NO3/c21-19(18(15-7-8-15)14-4-2-1-3-5-14)20-11-13-6-9-16-17(10-13)23-12-22-16/h1-6,9-10,15,18H,7-8,11-12H2,(H,20,21). The number of hydrogen-bond donors (Lipinski definition) is 1. The van der Waals surface area contributed by atoms with Crippen molar-refractivity contribution >= 4 is 5.91 Å². The van der Waals surface area contributed by atoms with E-state index in [1.165, 1.54) is 0 Å². The van der Waals surface area contributed by atoms with Crippen LogP contribution in [-0.4, -0.2) is 12.7 Å². The van der Waals surface area contributed by atoms with Crippen LogP contribution in [0.2, 0.25) is 0 Å². The Morgan fingerprint density at radius 3 is 2.65 bits per heavy atom. The van der Waals surface area contributed by atoms with E-state index < -0.39 is 0 Å². The molecule has 1 unspecified atom stereocenters. The van der Waals surface area contributed by atoms with Crippen LogP contribution in [0, 0.1) is 5.92 Å². The molecule has 0 saturated heterocycles. The Morgan fingerprint density at radius 2 is 1.87 bits per heavy atom. The van der Waals surface area contributed by atoms with Crippen molar-refractivity contribution in [2.45, 2.75) is 25.3 Å². The molecule has 1 heterocycles. The molecule has 4 nitrogen and oxygen atoms in total. The van der Waals surface area contributed by atoms with E-state index in [1.807, 2.05) is 48.5 Å². The highest BCUT2D eigenvalue weighted by Gasteiger charge is 2.37. The summed E-state index contributed by atoms with van der Waals surface area (Å²) in [6.07, 6.45) is 2.27. The summed E-state index contributed by atoms with van der Waals surface area (Å²) in [5.74, 6) is 2.06. The number of carbonyl (C=O) groups excluding carboxylic acids is 1. The first-order valence-electron chi connectivity index (χ1n) is 8.02. The maximum absolute atomic E-state index is 12.7. The molecule has 2 aromatic carbocycles. The fourth-order valence-corrected chi connectivity index (χ4v) is 3.08. The number of ether oxygens (including phenoxy) is 2. The molecule has 23 heavy (non-hydrogen) atoms. The van der Waals surface area contributed by atoms with E-state index in [9.17, 15) is 4.79 Å². The number of rotatable bonds is 5. The van der Waals surface area contributed by atoms with Gasteiger partial charge in [0.25, 0.3) is 0 Å². The minimum atomic E-state index is -0.0368. The van der Waals surface area contributed by atoms with Crippen molar-refractivity contribution in [1.82, 2.24) is 5.32 Å². The first kappa shape index (κ1) is 14.1. The van der Waals surface area contributed by atoms with Crippen LogP contribution in [0.5, 0.6) is 11.5 Å². The van der Waals surface area contributed by atoms with Crippen molar-refractivity contribution in [1.29, 1.82) is 0 Å². The van der Waals surface area contributed by atoms with Crippen molar-refractivity contribution in [3.05, 3.63) is 59.7 Å². The van der Waals surface area contributed by atoms with Crippen LogP contribution in [0.25, 0.3) is 0 Å². The summed E-state index contributed by atoms with van der Waals surface area (Å²) in [5.41, 5.74) is 2.13. The Kier molecular flexibility index (Phi) is 3.66. The summed E-state index contributed by atoms with van der Waals surface area (Å²) in [6, 6.07) is 15.8. The van der Waals surface area contributed by atoms with Crippen LogP contribution in [0.4, 0.5) is 0 Å². The fraction of sp³-hybridized carbons (Fsp3) is 0.316. The lowest BCUT2D eigenvalue weighted by Crippen LogP contribution is -2.30. The lowest BCUT2D eigenvalue weighted by molar-refractivity contribution is -0.123. The fourth-order valence-electron chi connectivity index (χ4n) is 3.08. The molecule has 1 fully saturated rings. The first-order valence-corrected chi connectivity index (χ1v) is 8.02. The van der Waals surface area contributed by atoms with E-state index in [2.05, 4.69) is 5.32 Å². The molecule has 1 aliphatic carbocycles. The van der Waals surface area contributed by atoms with Gasteiger partial charge in [0.2, 0.25) is 12.7 Å². The Morgan fingerprint density at radius 1 is 1.09 bits per heavy atom. The van der Waals surface area contributed by atoms with Gasteiger partial charge in [-0.05, 0) is 42.0 Å². The molecule has 1 aliphatic heterocycles. The highest BCUT2D eigenvalue weighted by atomic mass is 16.7. The monoisotopic (exact) mass is 309 g/mol. The molecule has 1 saturated carbocycles. The second-order valence-electron chi connectivity index (χ2n) is 6.13. The van der Waals surface area contributed by atoms with Crippen LogP contribution in [0.3, 0.4) is 0 Å². The van der Waals surface area contributed by atoms with Crippen LogP contribution in [-0.2, 0) is 11.3 Å². The normalized spacial score (nSPS) is 16.9. The molecular formula is C19H19NO3. The first-order chi connectivity index (χ1) is 11.3. The van der Waals surface area contributed by atoms with Gasteiger partial charge >= 0.3 is 0 Å². The Hall–Kier alpha value is -2.49. The number of nitrogens with one attached hydrogen (secondary N) is 1. The van der Waals surface area contributed by atoms with Gasteiger partial charge in [0.05, 0.1) is 5.92 Å². The lowest BCUT2D eigenvalue weighted by atomic mass is 9.93. The van der Waals surface area contributed by atoms with Gasteiger partial charge in [0.1, 0.15) is 0 Å². The number of fused-ring (bicyclic) bond motifs is 1. The van der Waals surface area contributed by atoms with Gasteiger partial charge in [-0.3, -0.25) is 4.79 Å². The topological polar surface area (TPSA) is 47.6 Å². The van der Waals surface area contributed by atoms with E-state index in [4.69, 9.17) is 9.47 Å². The summed E-state index contributed by atoms with van der Waals surface area (Å²) in [4.78, 5) is 12.7. The van der Waals surface area contributed by atoms with Gasteiger partial charge in [0.15, 0.2) is 11.5 Å². The molecule has 0 radical (unpaired) electrons. The predicted molar refractivity (Wildman–Crippen MR) is 86.3 cm³/mol. The highest BCUT2D eigenvalue weighted by Crippen LogP contribution is 2.42. The SMILES string of the molecule is O=C(NCc1ccc2c(c1)OCO2)C(c1ccccc1)C1CC1. The number of amides is 1. The van der Waals surface area contributed by atoms with Gasteiger partial charge in [-0.25, -0.2) is 0 Å². The van der Waals surface area contributed by atoms with Crippen molar-refractivity contribution in [2.75, 3.05) is 6.79 Å². The molecule has 4 rings (SSSR count). The van der Waals surface area contributed by atoms with Gasteiger partial charge in [-0.2, -0.15) is 0 Å². The van der Waals surface area contributed by atoms with E-state index in [1.54, 1.807) is 0 Å². The molecule has 1 N–H and O–H groups in total. The van der Waals surface area contributed by atoms with Crippen molar-refractivity contribution in [3.8, 4) is 11.5 Å². The smallest absolute Gasteiger partial charge is 0.231 e. The zero-order valence-electron chi connectivity index (χ0n) is 12.8. The zero-order chi connectivity index (χ0) is 15.6. The summed E-state index contributed by atoms with van der Waals surface area (Å²) in [7, 11) is 0. The number of benzene rings is 2. The van der Waals surface area contributed by atoms with E-state index in [0.717, 1.165) is 35.5 Å². The van der Waals surface area contributed by atoms with Crippen molar-refractivity contribution in [3.63, 3.8) is 0 Å². The van der Waals surface area contributed by atoms with Crippen LogP contribution < -0.4 is 14.8 Å². The molecule has 118 valence electrons. The summed E-state index contributed by atoms with van der Waals surface area (Å²) < 4.78 is 10.7. The van der Waals surface area contributed by atoms with Crippen LogP contribution >= 0.6 is 0 Å². The van der Waals surface area contributed by atoms with Gasteiger partial charge in [-0.1, -0.05) is 36.4 Å². The quantitative estimate of drug-likeness (QED) is 0.922. The molecule has 2 aliphatic rings. The molecule has 1 amide bonds.